The van der Waals surface area contributed by atoms with E-state index in [0.717, 1.165) is 11.0 Å². The zero-order valence-electron chi connectivity index (χ0n) is 10.9. The largest absolute Gasteiger partial charge is 0.313 e. The lowest BCUT2D eigenvalue weighted by Crippen LogP contribution is -2.32. The summed E-state index contributed by atoms with van der Waals surface area (Å²) < 4.78 is 1.14. The van der Waals surface area contributed by atoms with E-state index in [1.165, 1.54) is 17.7 Å². The molecule has 3 heteroatoms. The van der Waals surface area contributed by atoms with Crippen LogP contribution in [0.15, 0.2) is 33.6 Å². The molecule has 0 heterocycles. The van der Waals surface area contributed by atoms with E-state index in [9.17, 15) is 0 Å². The lowest BCUT2D eigenvalue weighted by atomic mass is 10.2. The molecule has 1 N–H and O–H groups in total. The molecule has 0 aromatic heterocycles. The van der Waals surface area contributed by atoms with E-state index in [0.29, 0.717) is 11.3 Å². The lowest BCUT2D eigenvalue weighted by Gasteiger charge is -2.18. The molecule has 0 spiro atoms. The second-order valence-electron chi connectivity index (χ2n) is 4.30. The van der Waals surface area contributed by atoms with Crippen LogP contribution in [-0.4, -0.2) is 17.8 Å². The Hall–Kier alpha value is 0.01000. The van der Waals surface area contributed by atoms with Crippen LogP contribution in [0, 0.1) is 0 Å². The monoisotopic (exact) mass is 315 g/mol. The molecule has 0 aliphatic carbocycles. The van der Waals surface area contributed by atoms with Crippen molar-refractivity contribution in [2.45, 2.75) is 49.8 Å². The van der Waals surface area contributed by atoms with E-state index in [1.54, 1.807) is 0 Å². The van der Waals surface area contributed by atoms with Gasteiger partial charge in [0.15, 0.2) is 0 Å². The van der Waals surface area contributed by atoms with Crippen LogP contribution in [-0.2, 0) is 0 Å². The average molecular weight is 316 g/mol. The SMILES string of the molecule is CCC(CC)NCC(C)Sc1ccc(Br)cc1. The van der Waals surface area contributed by atoms with Gasteiger partial charge in [-0.2, -0.15) is 0 Å². The average Bonchev–Trinajstić information content (AvgIpc) is 2.33. The van der Waals surface area contributed by atoms with Crippen LogP contribution in [0.4, 0.5) is 0 Å². The predicted octanol–water partition coefficient (Wildman–Crippen LogP) is 4.71. The first-order chi connectivity index (χ1) is 8.15. The van der Waals surface area contributed by atoms with E-state index < -0.39 is 0 Å². The van der Waals surface area contributed by atoms with Crippen molar-refractivity contribution in [3.05, 3.63) is 28.7 Å². The minimum atomic E-state index is 0.608. The van der Waals surface area contributed by atoms with E-state index >= 15 is 0 Å². The fraction of sp³-hybridized carbons (Fsp3) is 0.571. The maximum atomic E-state index is 3.62. The first kappa shape index (κ1) is 15.1. The first-order valence-electron chi connectivity index (χ1n) is 6.31. The van der Waals surface area contributed by atoms with Gasteiger partial charge in [-0.05, 0) is 37.1 Å². The van der Waals surface area contributed by atoms with Crippen LogP contribution < -0.4 is 5.32 Å². The van der Waals surface area contributed by atoms with Gasteiger partial charge in [0.05, 0.1) is 0 Å². The van der Waals surface area contributed by atoms with Gasteiger partial charge in [0.1, 0.15) is 0 Å². The Morgan fingerprint density at radius 1 is 1.18 bits per heavy atom. The zero-order chi connectivity index (χ0) is 12.7. The van der Waals surface area contributed by atoms with Crippen molar-refractivity contribution in [1.29, 1.82) is 0 Å². The van der Waals surface area contributed by atoms with Crippen molar-refractivity contribution >= 4 is 27.7 Å². The summed E-state index contributed by atoms with van der Waals surface area (Å²) in [4.78, 5) is 1.34. The summed E-state index contributed by atoms with van der Waals surface area (Å²) in [5, 5.41) is 4.23. The third kappa shape index (κ3) is 5.94. The molecule has 0 fully saturated rings. The Morgan fingerprint density at radius 3 is 2.29 bits per heavy atom. The summed E-state index contributed by atoms with van der Waals surface area (Å²) in [6.07, 6.45) is 2.43. The number of hydrogen-bond acceptors (Lipinski definition) is 2. The zero-order valence-corrected chi connectivity index (χ0v) is 13.3. The summed E-state index contributed by atoms with van der Waals surface area (Å²) in [6, 6.07) is 9.21. The number of benzene rings is 1. The van der Waals surface area contributed by atoms with Crippen molar-refractivity contribution in [1.82, 2.24) is 5.32 Å². The fourth-order valence-corrected chi connectivity index (χ4v) is 2.90. The van der Waals surface area contributed by atoms with Gasteiger partial charge in [-0.1, -0.05) is 36.7 Å². The summed E-state index contributed by atoms with van der Waals surface area (Å²) in [5.41, 5.74) is 0. The van der Waals surface area contributed by atoms with Crippen LogP contribution >= 0.6 is 27.7 Å². The molecule has 0 radical (unpaired) electrons. The molecular weight excluding hydrogens is 294 g/mol. The highest BCUT2D eigenvalue weighted by Crippen LogP contribution is 2.24. The third-order valence-corrected chi connectivity index (χ3v) is 4.47. The smallest absolute Gasteiger partial charge is 0.0191 e. The number of thioether (sulfide) groups is 1. The second kappa shape index (κ2) is 8.17. The van der Waals surface area contributed by atoms with E-state index in [2.05, 4.69) is 66.3 Å². The number of nitrogens with one attached hydrogen (secondary N) is 1. The van der Waals surface area contributed by atoms with Crippen LogP contribution in [0.2, 0.25) is 0 Å². The molecule has 0 saturated heterocycles. The molecule has 1 unspecified atom stereocenters. The van der Waals surface area contributed by atoms with Gasteiger partial charge in [0.25, 0.3) is 0 Å². The molecule has 1 atom stereocenters. The highest BCUT2D eigenvalue weighted by molar-refractivity contribution is 9.10. The Morgan fingerprint density at radius 2 is 1.76 bits per heavy atom. The van der Waals surface area contributed by atoms with E-state index in [4.69, 9.17) is 0 Å². The lowest BCUT2D eigenvalue weighted by molar-refractivity contribution is 0.488. The summed E-state index contributed by atoms with van der Waals surface area (Å²) in [7, 11) is 0. The van der Waals surface area contributed by atoms with Crippen molar-refractivity contribution in [2.24, 2.45) is 0 Å². The first-order valence-corrected chi connectivity index (χ1v) is 7.98. The molecule has 1 aromatic rings. The predicted molar refractivity (Wildman–Crippen MR) is 81.8 cm³/mol. The topological polar surface area (TPSA) is 12.0 Å². The summed E-state index contributed by atoms with van der Waals surface area (Å²) >= 11 is 5.39. The van der Waals surface area contributed by atoms with Crippen LogP contribution in [0.25, 0.3) is 0 Å². The molecule has 0 amide bonds. The highest BCUT2D eigenvalue weighted by atomic mass is 79.9. The normalized spacial score (nSPS) is 13.0. The molecule has 0 saturated carbocycles. The van der Waals surface area contributed by atoms with E-state index in [1.807, 2.05) is 11.8 Å². The Bertz CT molecular complexity index is 309. The maximum Gasteiger partial charge on any atom is 0.0191 e. The molecular formula is C14H22BrNS. The molecule has 0 aliphatic rings. The molecule has 0 bridgehead atoms. The quantitative estimate of drug-likeness (QED) is 0.731. The number of rotatable bonds is 7. The van der Waals surface area contributed by atoms with Crippen molar-refractivity contribution in [2.75, 3.05) is 6.54 Å². The number of halogens is 1. The minimum absolute atomic E-state index is 0.608. The third-order valence-electron chi connectivity index (χ3n) is 2.83. The Kier molecular flexibility index (Phi) is 7.24. The van der Waals surface area contributed by atoms with Crippen molar-refractivity contribution in [3.8, 4) is 0 Å². The van der Waals surface area contributed by atoms with Gasteiger partial charge < -0.3 is 5.32 Å². The Labute approximate surface area is 118 Å². The van der Waals surface area contributed by atoms with Gasteiger partial charge >= 0.3 is 0 Å². The van der Waals surface area contributed by atoms with Crippen LogP contribution in [0.5, 0.6) is 0 Å². The van der Waals surface area contributed by atoms with Crippen molar-refractivity contribution in [3.63, 3.8) is 0 Å². The molecule has 1 aromatic carbocycles. The molecule has 17 heavy (non-hydrogen) atoms. The minimum Gasteiger partial charge on any atom is -0.313 e. The van der Waals surface area contributed by atoms with Gasteiger partial charge in [-0.3, -0.25) is 0 Å². The van der Waals surface area contributed by atoms with Gasteiger partial charge in [-0.15, -0.1) is 11.8 Å². The summed E-state index contributed by atoms with van der Waals surface area (Å²) in [6.45, 7) is 7.84. The molecule has 1 rings (SSSR count). The second-order valence-corrected chi connectivity index (χ2v) is 6.73. The maximum absolute atomic E-state index is 3.62. The Balaban J connectivity index is 2.34. The fourth-order valence-electron chi connectivity index (χ4n) is 1.70. The van der Waals surface area contributed by atoms with Gasteiger partial charge in [-0.25, -0.2) is 0 Å². The van der Waals surface area contributed by atoms with Crippen LogP contribution in [0.3, 0.4) is 0 Å². The van der Waals surface area contributed by atoms with Crippen LogP contribution in [0.1, 0.15) is 33.6 Å². The van der Waals surface area contributed by atoms with Crippen molar-refractivity contribution < 1.29 is 0 Å². The van der Waals surface area contributed by atoms with Gasteiger partial charge in [0, 0.05) is 27.2 Å². The highest BCUT2D eigenvalue weighted by Gasteiger charge is 2.07. The van der Waals surface area contributed by atoms with E-state index in [-0.39, 0.29) is 0 Å². The summed E-state index contributed by atoms with van der Waals surface area (Å²) in [5.74, 6) is 0. The molecule has 0 aliphatic heterocycles. The molecule has 1 nitrogen and oxygen atoms in total. The standard InChI is InChI=1S/C14H22BrNS/c1-4-13(5-2)16-10-11(3)17-14-8-6-12(15)7-9-14/h6-9,11,13,16H,4-5,10H2,1-3H3. The number of hydrogen-bond donors (Lipinski definition) is 1. The van der Waals surface area contributed by atoms with Gasteiger partial charge in [0.2, 0.25) is 0 Å². The molecule has 96 valence electrons.